The highest BCUT2D eigenvalue weighted by molar-refractivity contribution is 5.94. The van der Waals surface area contributed by atoms with E-state index in [4.69, 9.17) is 0 Å². The summed E-state index contributed by atoms with van der Waals surface area (Å²) in [4.78, 5) is 5.61. The van der Waals surface area contributed by atoms with Gasteiger partial charge in [0.05, 0.1) is 12.4 Å². The molecular weight excluding hydrogens is 186 g/mol. The summed E-state index contributed by atoms with van der Waals surface area (Å²) >= 11 is 0. The number of anilines is 1. The number of hydrogen-bond donors (Lipinski definition) is 2. The highest BCUT2D eigenvalue weighted by atomic mass is 15.2. The van der Waals surface area contributed by atoms with Gasteiger partial charge in [-0.25, -0.2) is 0 Å². The molecule has 2 N–H and O–H groups in total. The van der Waals surface area contributed by atoms with E-state index >= 15 is 0 Å². The van der Waals surface area contributed by atoms with Gasteiger partial charge in [0.25, 0.3) is 0 Å². The predicted molar refractivity (Wildman–Crippen MR) is 65.4 cm³/mol. The van der Waals surface area contributed by atoms with Crippen LogP contribution in [0.4, 0.5) is 5.69 Å². The number of nitrogens with one attached hydrogen (secondary N) is 2. The van der Waals surface area contributed by atoms with E-state index in [1.54, 1.807) is 0 Å². The van der Waals surface area contributed by atoms with Crippen molar-refractivity contribution in [1.29, 1.82) is 0 Å². The zero-order chi connectivity index (χ0) is 10.8. The van der Waals surface area contributed by atoms with Crippen LogP contribution in [0.3, 0.4) is 0 Å². The van der Waals surface area contributed by atoms with Gasteiger partial charge in [0.2, 0.25) is 0 Å². The van der Waals surface area contributed by atoms with E-state index in [-0.39, 0.29) is 0 Å². The van der Waals surface area contributed by atoms with Crippen molar-refractivity contribution in [2.75, 3.05) is 25.7 Å². The molecule has 1 aromatic heterocycles. The van der Waals surface area contributed by atoms with Crippen molar-refractivity contribution >= 4 is 16.6 Å². The second-order valence-electron chi connectivity index (χ2n) is 3.85. The molecule has 3 heteroatoms. The third-order valence-corrected chi connectivity index (χ3v) is 2.64. The quantitative estimate of drug-likeness (QED) is 0.748. The number of fused-ring (bicyclic) bond motifs is 1. The number of aryl methyl sites for hydroxylation is 1. The number of hydrogen-bond acceptors (Lipinski definition) is 2. The molecule has 0 saturated carbocycles. The van der Waals surface area contributed by atoms with E-state index in [9.17, 15) is 0 Å². The minimum Gasteiger partial charge on any atom is -0.360 e. The highest BCUT2D eigenvalue weighted by Gasteiger charge is 2.10. The number of benzene rings is 1. The lowest BCUT2D eigenvalue weighted by atomic mass is 10.2. The molecule has 0 spiro atoms. The molecule has 0 unspecified atom stereocenters. The van der Waals surface area contributed by atoms with Crippen LogP contribution in [-0.2, 0) is 0 Å². The van der Waals surface area contributed by atoms with E-state index in [0.717, 1.165) is 6.67 Å². The molecule has 0 aliphatic rings. The van der Waals surface area contributed by atoms with Crippen LogP contribution >= 0.6 is 0 Å². The molecule has 0 bridgehead atoms. The summed E-state index contributed by atoms with van der Waals surface area (Å²) in [6, 6.07) is 8.39. The van der Waals surface area contributed by atoms with Gasteiger partial charge in [0.15, 0.2) is 0 Å². The number of aromatic amines is 1. The fourth-order valence-electron chi connectivity index (χ4n) is 2.07. The first-order valence-electron chi connectivity index (χ1n) is 5.17. The van der Waals surface area contributed by atoms with Gasteiger partial charge < -0.3 is 15.2 Å². The number of nitrogens with zero attached hydrogens (tertiary/aromatic N) is 1. The summed E-state index contributed by atoms with van der Waals surface area (Å²) in [7, 11) is 4.06. The average molecular weight is 203 g/mol. The third-order valence-electron chi connectivity index (χ3n) is 2.64. The Morgan fingerprint density at radius 1 is 1.33 bits per heavy atom. The van der Waals surface area contributed by atoms with Crippen LogP contribution in [0.2, 0.25) is 0 Å². The monoisotopic (exact) mass is 203 g/mol. The first kappa shape index (κ1) is 10.1. The van der Waals surface area contributed by atoms with Crippen LogP contribution in [0, 0.1) is 6.92 Å². The average Bonchev–Trinajstić information content (AvgIpc) is 2.54. The van der Waals surface area contributed by atoms with Gasteiger partial charge in [-0.3, -0.25) is 0 Å². The summed E-state index contributed by atoms with van der Waals surface area (Å²) < 4.78 is 0. The van der Waals surface area contributed by atoms with Gasteiger partial charge >= 0.3 is 0 Å². The minimum atomic E-state index is 0.850. The lowest BCUT2D eigenvalue weighted by molar-refractivity contribution is 0.776. The van der Waals surface area contributed by atoms with Gasteiger partial charge in [0, 0.05) is 23.6 Å². The van der Waals surface area contributed by atoms with Crippen LogP contribution < -0.4 is 10.2 Å². The number of aromatic nitrogens is 1. The Labute approximate surface area is 90.1 Å². The normalized spacial score (nSPS) is 10.9. The lowest BCUT2D eigenvalue weighted by Crippen LogP contribution is -2.28. The molecule has 0 saturated heterocycles. The van der Waals surface area contributed by atoms with E-state index in [1.807, 2.05) is 7.05 Å². The van der Waals surface area contributed by atoms with E-state index in [1.165, 1.54) is 22.3 Å². The third kappa shape index (κ3) is 1.70. The molecule has 0 amide bonds. The second kappa shape index (κ2) is 3.95. The molecule has 2 aromatic rings. The topological polar surface area (TPSA) is 31.1 Å². The van der Waals surface area contributed by atoms with Crippen molar-refractivity contribution in [3.05, 3.63) is 30.0 Å². The first-order valence-corrected chi connectivity index (χ1v) is 5.17. The number of H-pyrrole nitrogens is 1. The Kier molecular flexibility index (Phi) is 2.64. The van der Waals surface area contributed by atoms with Crippen molar-refractivity contribution in [3.8, 4) is 0 Å². The zero-order valence-electron chi connectivity index (χ0n) is 9.46. The van der Waals surface area contributed by atoms with Gasteiger partial charge in [-0.15, -0.1) is 0 Å². The van der Waals surface area contributed by atoms with E-state index in [0.29, 0.717) is 0 Å². The van der Waals surface area contributed by atoms with Gasteiger partial charge in [-0.05, 0) is 20.0 Å². The fourth-order valence-corrected chi connectivity index (χ4v) is 2.07. The molecule has 80 valence electrons. The zero-order valence-corrected chi connectivity index (χ0v) is 9.46. The summed E-state index contributed by atoms with van der Waals surface area (Å²) in [5.74, 6) is 0. The fraction of sp³-hybridized carbons (Fsp3) is 0.333. The molecule has 0 atom stereocenters. The molecule has 1 aromatic carbocycles. The molecule has 0 aliphatic heterocycles. The SMILES string of the molecule is CNCN(C)c1c(C)[nH]c2ccccc12. The van der Waals surface area contributed by atoms with Crippen molar-refractivity contribution in [2.24, 2.45) is 0 Å². The Morgan fingerprint density at radius 3 is 2.80 bits per heavy atom. The van der Waals surface area contributed by atoms with Crippen LogP contribution in [0.15, 0.2) is 24.3 Å². The van der Waals surface area contributed by atoms with Gasteiger partial charge in [-0.2, -0.15) is 0 Å². The van der Waals surface area contributed by atoms with Gasteiger partial charge in [0.1, 0.15) is 0 Å². The van der Waals surface area contributed by atoms with Crippen molar-refractivity contribution in [2.45, 2.75) is 6.92 Å². The molecule has 15 heavy (non-hydrogen) atoms. The Balaban J connectivity index is 2.53. The van der Waals surface area contributed by atoms with Crippen LogP contribution in [0.25, 0.3) is 10.9 Å². The molecule has 3 nitrogen and oxygen atoms in total. The van der Waals surface area contributed by atoms with E-state index < -0.39 is 0 Å². The number of rotatable bonds is 3. The van der Waals surface area contributed by atoms with Crippen LogP contribution in [0.1, 0.15) is 5.69 Å². The molecule has 2 rings (SSSR count). The number of para-hydroxylation sites is 1. The predicted octanol–water partition coefficient (Wildman–Crippen LogP) is 2.09. The summed E-state index contributed by atoms with van der Waals surface area (Å²) in [6.07, 6.45) is 0. The minimum absolute atomic E-state index is 0.850. The van der Waals surface area contributed by atoms with E-state index in [2.05, 4.69) is 53.4 Å². The summed E-state index contributed by atoms with van der Waals surface area (Å²) in [5.41, 5.74) is 3.70. The molecule has 1 heterocycles. The molecule has 0 fully saturated rings. The lowest BCUT2D eigenvalue weighted by Gasteiger charge is -2.18. The Hall–Kier alpha value is -1.48. The Bertz CT molecular complexity index is 459. The standard InChI is InChI=1S/C12H17N3/c1-9-12(15(3)8-13-2)10-6-4-5-7-11(10)14-9/h4-7,13-14H,8H2,1-3H3. The van der Waals surface area contributed by atoms with Crippen molar-refractivity contribution < 1.29 is 0 Å². The second-order valence-corrected chi connectivity index (χ2v) is 3.85. The highest BCUT2D eigenvalue weighted by Crippen LogP contribution is 2.29. The van der Waals surface area contributed by atoms with Crippen LogP contribution in [0.5, 0.6) is 0 Å². The van der Waals surface area contributed by atoms with Crippen molar-refractivity contribution in [1.82, 2.24) is 10.3 Å². The maximum absolute atomic E-state index is 3.40. The smallest absolute Gasteiger partial charge is 0.0677 e. The van der Waals surface area contributed by atoms with Crippen LogP contribution in [-0.4, -0.2) is 25.7 Å². The molecule has 0 radical (unpaired) electrons. The molecule has 0 aliphatic carbocycles. The maximum atomic E-state index is 3.40. The summed E-state index contributed by atoms with van der Waals surface area (Å²) in [6.45, 7) is 2.96. The first-order chi connectivity index (χ1) is 7.24. The summed E-state index contributed by atoms with van der Waals surface area (Å²) in [5, 5.41) is 4.44. The molecular formula is C12H17N3. The van der Waals surface area contributed by atoms with Crippen molar-refractivity contribution in [3.63, 3.8) is 0 Å². The maximum Gasteiger partial charge on any atom is 0.0677 e. The largest absolute Gasteiger partial charge is 0.360 e. The van der Waals surface area contributed by atoms with Gasteiger partial charge in [-0.1, -0.05) is 18.2 Å². The Morgan fingerprint density at radius 2 is 2.07 bits per heavy atom.